The third-order valence-electron chi connectivity index (χ3n) is 4.76. The number of rotatable bonds is 6. The molecule has 0 aliphatic heterocycles. The number of carbonyl (C=O) groups is 2. The SMILES string of the molecule is COC(=O)C(NC(=O)c1nc(-c2ccccc2)n(-c2ccc(F)cc2)n1)c1ccccc1. The quantitative estimate of drug-likeness (QED) is 0.471. The zero-order chi connectivity index (χ0) is 22.5. The number of nitrogens with zero attached hydrogens (tertiary/aromatic N) is 3. The van der Waals surface area contributed by atoms with Crippen LogP contribution in [-0.4, -0.2) is 33.8 Å². The molecule has 32 heavy (non-hydrogen) atoms. The van der Waals surface area contributed by atoms with Crippen LogP contribution in [-0.2, 0) is 9.53 Å². The molecular formula is C24H19FN4O3. The number of benzene rings is 3. The fourth-order valence-electron chi connectivity index (χ4n) is 3.18. The molecule has 0 aliphatic rings. The number of carbonyl (C=O) groups excluding carboxylic acids is 2. The van der Waals surface area contributed by atoms with Crippen LogP contribution in [0.2, 0.25) is 0 Å². The molecule has 8 heteroatoms. The third-order valence-corrected chi connectivity index (χ3v) is 4.76. The highest BCUT2D eigenvalue weighted by Crippen LogP contribution is 2.22. The minimum atomic E-state index is -1.02. The molecule has 1 unspecified atom stereocenters. The molecule has 0 saturated carbocycles. The van der Waals surface area contributed by atoms with Crippen LogP contribution < -0.4 is 5.32 Å². The van der Waals surface area contributed by atoms with Crippen LogP contribution in [0, 0.1) is 5.82 Å². The molecule has 0 saturated heterocycles. The lowest BCUT2D eigenvalue weighted by molar-refractivity contribution is -0.143. The minimum absolute atomic E-state index is 0.141. The van der Waals surface area contributed by atoms with E-state index in [4.69, 9.17) is 4.74 Å². The van der Waals surface area contributed by atoms with Crippen molar-refractivity contribution in [1.29, 1.82) is 0 Å². The summed E-state index contributed by atoms with van der Waals surface area (Å²) in [5, 5.41) is 6.98. The summed E-state index contributed by atoms with van der Waals surface area (Å²) in [6, 6.07) is 22.6. The van der Waals surface area contributed by atoms with Crippen molar-refractivity contribution in [3.05, 3.63) is 102 Å². The fraction of sp³-hybridized carbons (Fsp3) is 0.0833. The van der Waals surface area contributed by atoms with Crippen LogP contribution in [0.3, 0.4) is 0 Å². The van der Waals surface area contributed by atoms with Gasteiger partial charge in [-0.2, -0.15) is 0 Å². The van der Waals surface area contributed by atoms with Gasteiger partial charge >= 0.3 is 5.97 Å². The lowest BCUT2D eigenvalue weighted by atomic mass is 10.1. The second-order valence-corrected chi connectivity index (χ2v) is 6.85. The van der Waals surface area contributed by atoms with E-state index in [0.29, 0.717) is 17.1 Å². The number of amides is 1. The Hall–Kier alpha value is -4.33. The van der Waals surface area contributed by atoms with Gasteiger partial charge in [0.2, 0.25) is 5.82 Å². The predicted octanol–water partition coefficient (Wildman–Crippen LogP) is 3.72. The molecule has 1 N–H and O–H groups in total. The molecule has 4 aromatic rings. The van der Waals surface area contributed by atoms with E-state index in [1.807, 2.05) is 30.3 Å². The molecule has 3 aromatic carbocycles. The maximum atomic E-state index is 13.4. The summed E-state index contributed by atoms with van der Waals surface area (Å²) in [7, 11) is 1.25. The molecule has 0 spiro atoms. The summed E-state index contributed by atoms with van der Waals surface area (Å²) in [4.78, 5) is 29.7. The van der Waals surface area contributed by atoms with E-state index in [1.54, 1.807) is 42.5 Å². The minimum Gasteiger partial charge on any atom is -0.467 e. The standard InChI is InChI=1S/C24H19FN4O3/c1-32-24(31)20(16-8-4-2-5-9-16)26-23(30)21-27-22(17-10-6-3-7-11-17)29(28-21)19-14-12-18(25)13-15-19/h2-15,20H,1H3,(H,26,30). The van der Waals surface area contributed by atoms with Gasteiger partial charge in [-0.1, -0.05) is 60.7 Å². The first kappa shape index (κ1) is 20.9. The lowest BCUT2D eigenvalue weighted by Crippen LogP contribution is -2.35. The van der Waals surface area contributed by atoms with E-state index in [2.05, 4.69) is 15.4 Å². The molecule has 4 rings (SSSR count). The van der Waals surface area contributed by atoms with Gasteiger partial charge in [0.1, 0.15) is 5.82 Å². The van der Waals surface area contributed by atoms with Gasteiger partial charge in [0.15, 0.2) is 11.9 Å². The first-order valence-corrected chi connectivity index (χ1v) is 9.79. The summed E-state index contributed by atoms with van der Waals surface area (Å²) >= 11 is 0. The Bertz CT molecular complexity index is 1230. The van der Waals surface area contributed by atoms with E-state index in [0.717, 1.165) is 5.56 Å². The monoisotopic (exact) mass is 430 g/mol. The number of hydrogen-bond acceptors (Lipinski definition) is 5. The lowest BCUT2D eigenvalue weighted by Gasteiger charge is -2.15. The molecule has 1 aromatic heterocycles. The molecule has 1 amide bonds. The largest absolute Gasteiger partial charge is 0.467 e. The summed E-state index contributed by atoms with van der Waals surface area (Å²) < 4.78 is 19.7. The van der Waals surface area contributed by atoms with Gasteiger partial charge in [-0.15, -0.1) is 5.10 Å². The van der Waals surface area contributed by atoms with Crippen LogP contribution in [0.5, 0.6) is 0 Å². The molecule has 1 atom stereocenters. The number of aromatic nitrogens is 3. The van der Waals surface area contributed by atoms with Gasteiger partial charge in [0, 0.05) is 5.56 Å². The van der Waals surface area contributed by atoms with Crippen molar-refractivity contribution < 1.29 is 18.7 Å². The summed E-state index contributed by atoms with van der Waals surface area (Å²) in [5.74, 6) is -1.40. The first-order valence-electron chi connectivity index (χ1n) is 9.79. The summed E-state index contributed by atoms with van der Waals surface area (Å²) in [5.41, 5.74) is 1.81. The number of esters is 1. The Kier molecular flexibility index (Phi) is 6.03. The average Bonchev–Trinajstić information content (AvgIpc) is 3.29. The van der Waals surface area contributed by atoms with E-state index in [1.165, 1.54) is 23.9 Å². The third kappa shape index (κ3) is 4.39. The molecule has 7 nitrogen and oxygen atoms in total. The average molecular weight is 430 g/mol. The van der Waals surface area contributed by atoms with Crippen molar-refractivity contribution in [2.45, 2.75) is 6.04 Å². The van der Waals surface area contributed by atoms with Crippen LogP contribution in [0.15, 0.2) is 84.9 Å². The van der Waals surface area contributed by atoms with Crippen molar-refractivity contribution in [2.75, 3.05) is 7.11 Å². The Balaban J connectivity index is 1.72. The highest BCUT2D eigenvalue weighted by molar-refractivity contribution is 5.94. The summed E-state index contributed by atoms with van der Waals surface area (Å²) in [6.45, 7) is 0. The fourth-order valence-corrected chi connectivity index (χ4v) is 3.18. The highest BCUT2D eigenvalue weighted by atomic mass is 19.1. The normalized spacial score (nSPS) is 11.6. The number of ether oxygens (including phenoxy) is 1. The molecule has 0 bridgehead atoms. The molecule has 0 aliphatic carbocycles. The predicted molar refractivity (Wildman–Crippen MR) is 115 cm³/mol. The van der Waals surface area contributed by atoms with Gasteiger partial charge in [0.25, 0.3) is 5.91 Å². The van der Waals surface area contributed by atoms with E-state index < -0.39 is 23.7 Å². The number of methoxy groups -OCH3 is 1. The second kappa shape index (κ2) is 9.22. The van der Waals surface area contributed by atoms with Crippen LogP contribution >= 0.6 is 0 Å². The van der Waals surface area contributed by atoms with Gasteiger partial charge in [-0.3, -0.25) is 4.79 Å². The molecule has 0 fully saturated rings. The Labute approximate surface area is 183 Å². The maximum Gasteiger partial charge on any atom is 0.333 e. The zero-order valence-corrected chi connectivity index (χ0v) is 17.1. The molecule has 1 heterocycles. The van der Waals surface area contributed by atoms with Crippen molar-refractivity contribution in [3.8, 4) is 17.1 Å². The van der Waals surface area contributed by atoms with Crippen LogP contribution in [0.1, 0.15) is 22.2 Å². The van der Waals surface area contributed by atoms with Crippen molar-refractivity contribution in [3.63, 3.8) is 0 Å². The van der Waals surface area contributed by atoms with Crippen LogP contribution in [0.4, 0.5) is 4.39 Å². The van der Waals surface area contributed by atoms with Gasteiger partial charge < -0.3 is 10.1 Å². The van der Waals surface area contributed by atoms with E-state index in [-0.39, 0.29) is 5.82 Å². The topological polar surface area (TPSA) is 86.1 Å². The van der Waals surface area contributed by atoms with Crippen molar-refractivity contribution in [1.82, 2.24) is 20.1 Å². The van der Waals surface area contributed by atoms with Crippen LogP contribution in [0.25, 0.3) is 17.1 Å². The highest BCUT2D eigenvalue weighted by Gasteiger charge is 2.27. The number of halogens is 1. The number of nitrogens with one attached hydrogen (secondary N) is 1. The van der Waals surface area contributed by atoms with Gasteiger partial charge in [-0.05, 0) is 29.8 Å². The van der Waals surface area contributed by atoms with Crippen molar-refractivity contribution >= 4 is 11.9 Å². The van der Waals surface area contributed by atoms with E-state index >= 15 is 0 Å². The molecule has 160 valence electrons. The maximum absolute atomic E-state index is 13.4. The Morgan fingerprint density at radius 3 is 2.19 bits per heavy atom. The molecular weight excluding hydrogens is 411 g/mol. The first-order chi connectivity index (χ1) is 15.6. The van der Waals surface area contributed by atoms with Crippen molar-refractivity contribution in [2.24, 2.45) is 0 Å². The Morgan fingerprint density at radius 2 is 1.56 bits per heavy atom. The summed E-state index contributed by atoms with van der Waals surface area (Å²) in [6.07, 6.45) is 0. The second-order valence-electron chi connectivity index (χ2n) is 6.85. The smallest absolute Gasteiger partial charge is 0.333 e. The zero-order valence-electron chi connectivity index (χ0n) is 17.1. The van der Waals surface area contributed by atoms with Gasteiger partial charge in [-0.25, -0.2) is 18.9 Å². The molecule has 0 radical (unpaired) electrons. The van der Waals surface area contributed by atoms with E-state index in [9.17, 15) is 14.0 Å². The number of hydrogen-bond donors (Lipinski definition) is 1. The van der Waals surface area contributed by atoms with Gasteiger partial charge in [0.05, 0.1) is 12.8 Å². The Morgan fingerprint density at radius 1 is 0.938 bits per heavy atom.